The highest BCUT2D eigenvalue weighted by Crippen LogP contribution is 2.36. The van der Waals surface area contributed by atoms with Crippen LogP contribution in [0.4, 0.5) is 0 Å². The first-order chi connectivity index (χ1) is 16.5. The van der Waals surface area contributed by atoms with Crippen LogP contribution in [0.3, 0.4) is 0 Å². The quantitative estimate of drug-likeness (QED) is 0.440. The van der Waals surface area contributed by atoms with Crippen molar-refractivity contribution in [2.75, 3.05) is 13.1 Å². The molecule has 11 heteroatoms. The summed E-state index contributed by atoms with van der Waals surface area (Å²) in [6.45, 7) is 0.842. The minimum Gasteiger partial charge on any atom is -0.344 e. The fourth-order valence-corrected chi connectivity index (χ4v) is 5.43. The van der Waals surface area contributed by atoms with Gasteiger partial charge in [0.25, 0.3) is 5.91 Å². The van der Waals surface area contributed by atoms with Gasteiger partial charge in [-0.05, 0) is 30.9 Å². The van der Waals surface area contributed by atoms with Crippen molar-refractivity contribution in [2.24, 2.45) is 11.8 Å². The van der Waals surface area contributed by atoms with Gasteiger partial charge in [-0.2, -0.15) is 5.26 Å². The lowest BCUT2D eigenvalue weighted by atomic mass is 9.99. The van der Waals surface area contributed by atoms with E-state index in [4.69, 9.17) is 21.8 Å². The number of carbonyl (C=O) groups excluding carboxylic acids is 2. The molecular formula is C23H18ClN7O2S. The molecule has 0 aromatic carbocycles. The van der Waals surface area contributed by atoms with E-state index in [9.17, 15) is 9.59 Å². The highest BCUT2D eigenvalue weighted by Gasteiger charge is 2.43. The number of hydrogen-bond acceptors (Lipinski definition) is 7. The van der Waals surface area contributed by atoms with Gasteiger partial charge < -0.3 is 15.2 Å². The number of aromatic nitrogens is 4. The molecule has 1 atom stereocenters. The van der Waals surface area contributed by atoms with Crippen molar-refractivity contribution in [3.63, 3.8) is 0 Å². The molecule has 1 saturated carbocycles. The largest absolute Gasteiger partial charge is 0.344 e. The third kappa shape index (κ3) is 3.57. The smallest absolute Gasteiger partial charge is 0.255 e. The Morgan fingerprint density at radius 3 is 2.88 bits per heavy atom. The first-order valence-electron chi connectivity index (χ1n) is 10.9. The van der Waals surface area contributed by atoms with Crippen LogP contribution in [0.1, 0.15) is 23.2 Å². The molecule has 170 valence electrons. The minimum atomic E-state index is -0.593. The summed E-state index contributed by atoms with van der Waals surface area (Å²) in [5.41, 5.74) is 2.63. The number of fused-ring (bicyclic) bond motifs is 2. The first-order valence-corrected chi connectivity index (χ1v) is 12.1. The molecule has 34 heavy (non-hydrogen) atoms. The number of nitrogens with zero attached hydrogens (tertiary/aromatic N) is 5. The number of thiophene rings is 1. The van der Waals surface area contributed by atoms with E-state index in [-0.39, 0.29) is 23.7 Å². The number of carbonyl (C=O) groups is 2. The van der Waals surface area contributed by atoms with Crippen LogP contribution in [-0.2, 0) is 4.79 Å². The predicted octanol–water partition coefficient (Wildman–Crippen LogP) is 3.38. The van der Waals surface area contributed by atoms with Crippen LogP contribution in [0.5, 0.6) is 0 Å². The molecule has 4 aromatic heterocycles. The zero-order valence-electron chi connectivity index (χ0n) is 17.8. The van der Waals surface area contributed by atoms with Gasteiger partial charge in [0, 0.05) is 25.5 Å². The number of nitrogens with one attached hydrogen (secondary N) is 2. The molecule has 9 nitrogen and oxygen atoms in total. The summed E-state index contributed by atoms with van der Waals surface area (Å²) >= 11 is 7.75. The Bertz CT molecular complexity index is 1500. The molecule has 0 spiro atoms. The number of aromatic amines is 1. The zero-order chi connectivity index (χ0) is 23.4. The molecule has 2 amide bonds. The second-order valence-electron chi connectivity index (χ2n) is 8.63. The summed E-state index contributed by atoms with van der Waals surface area (Å²) in [5, 5.41) is 12.5. The van der Waals surface area contributed by atoms with Gasteiger partial charge in [0.15, 0.2) is 5.65 Å². The van der Waals surface area contributed by atoms with E-state index in [2.05, 4.69) is 26.3 Å². The van der Waals surface area contributed by atoms with Crippen LogP contribution in [0.2, 0.25) is 5.02 Å². The first kappa shape index (κ1) is 21.0. The Morgan fingerprint density at radius 1 is 1.32 bits per heavy atom. The maximum atomic E-state index is 13.2. The number of H-pyrrole nitrogens is 1. The number of rotatable bonds is 5. The highest BCUT2D eigenvalue weighted by atomic mass is 35.5. The summed E-state index contributed by atoms with van der Waals surface area (Å²) in [6, 6.07) is 5.22. The third-order valence-electron chi connectivity index (χ3n) is 6.26. The number of pyridine rings is 1. The second kappa shape index (κ2) is 8.04. The second-order valence-corrected chi connectivity index (χ2v) is 10.1. The van der Waals surface area contributed by atoms with Crippen LogP contribution in [0.25, 0.3) is 32.0 Å². The molecule has 6 rings (SSSR count). The summed E-state index contributed by atoms with van der Waals surface area (Å²) < 4.78 is 0.864. The van der Waals surface area contributed by atoms with E-state index >= 15 is 0 Å². The van der Waals surface area contributed by atoms with Gasteiger partial charge in [-0.15, -0.1) is 11.3 Å². The van der Waals surface area contributed by atoms with E-state index in [1.807, 2.05) is 6.07 Å². The standard InChI is InChI=1S/C23H18ClN7O2S/c24-14-3-4-26-15-5-17(34-20(14)15)16-8-28-21-19(29-16)13(7-27-21)22(32)30-18(12-1-2-12)23(33)31-9-11(6-25)10-31/h3-5,7-8,11-12,18H,1-2,9-10H2,(H,27,28)(H,30,32)/t18-/m1/s1. The van der Waals surface area contributed by atoms with Crippen molar-refractivity contribution < 1.29 is 9.59 Å². The van der Waals surface area contributed by atoms with E-state index in [1.165, 1.54) is 11.3 Å². The number of nitriles is 1. The van der Waals surface area contributed by atoms with Gasteiger partial charge >= 0.3 is 0 Å². The fraction of sp³-hybridized carbons (Fsp3) is 0.304. The van der Waals surface area contributed by atoms with Gasteiger partial charge in [0.1, 0.15) is 11.6 Å². The molecule has 0 bridgehead atoms. The molecule has 0 radical (unpaired) electrons. The van der Waals surface area contributed by atoms with Crippen molar-refractivity contribution in [3.8, 4) is 16.6 Å². The van der Waals surface area contributed by atoms with Crippen molar-refractivity contribution in [1.82, 2.24) is 30.2 Å². The SMILES string of the molecule is N#CC1CN(C(=O)[C@H](NC(=O)c2c[nH]c3ncc(-c4cc5nccc(Cl)c5s4)nc23)C2CC2)C1. The average molecular weight is 492 g/mol. The zero-order valence-corrected chi connectivity index (χ0v) is 19.4. The van der Waals surface area contributed by atoms with Crippen molar-refractivity contribution >= 4 is 56.1 Å². The number of amides is 2. The molecule has 0 unspecified atom stereocenters. The maximum Gasteiger partial charge on any atom is 0.255 e. The van der Waals surface area contributed by atoms with Gasteiger partial charge in [-0.25, -0.2) is 9.97 Å². The Kier molecular flexibility index (Phi) is 4.97. The Labute approximate surface area is 202 Å². The minimum absolute atomic E-state index is 0.122. The topological polar surface area (TPSA) is 128 Å². The lowest BCUT2D eigenvalue weighted by molar-refractivity contribution is -0.138. The van der Waals surface area contributed by atoms with Crippen molar-refractivity contribution in [2.45, 2.75) is 18.9 Å². The van der Waals surface area contributed by atoms with Gasteiger partial charge in [0.2, 0.25) is 5.91 Å². The molecule has 2 N–H and O–H groups in total. The number of halogens is 1. The predicted molar refractivity (Wildman–Crippen MR) is 127 cm³/mol. The fourth-order valence-electron chi connectivity index (χ4n) is 4.18. The number of hydrogen-bond donors (Lipinski definition) is 2. The van der Waals surface area contributed by atoms with Crippen LogP contribution in [0.15, 0.2) is 30.7 Å². The summed E-state index contributed by atoms with van der Waals surface area (Å²) in [7, 11) is 0. The van der Waals surface area contributed by atoms with Crippen molar-refractivity contribution in [1.29, 1.82) is 5.26 Å². The third-order valence-corrected chi connectivity index (χ3v) is 7.87. The molecule has 1 aliphatic carbocycles. The van der Waals surface area contributed by atoms with Crippen LogP contribution >= 0.6 is 22.9 Å². The average Bonchev–Trinajstić information content (AvgIpc) is 3.39. The molecule has 1 saturated heterocycles. The summed E-state index contributed by atoms with van der Waals surface area (Å²) in [4.78, 5) is 45.1. The summed E-state index contributed by atoms with van der Waals surface area (Å²) in [5.74, 6) is -0.494. The maximum absolute atomic E-state index is 13.2. The van der Waals surface area contributed by atoms with Gasteiger partial charge in [-0.1, -0.05) is 11.6 Å². The Morgan fingerprint density at radius 2 is 2.15 bits per heavy atom. The molecule has 1 aliphatic heterocycles. The Hall–Kier alpha value is -3.55. The molecule has 2 aliphatic rings. The van der Waals surface area contributed by atoms with Crippen molar-refractivity contribution in [3.05, 3.63) is 41.3 Å². The molecule has 2 fully saturated rings. The monoisotopic (exact) mass is 491 g/mol. The van der Waals surface area contributed by atoms with Crippen LogP contribution in [-0.4, -0.2) is 55.8 Å². The van der Waals surface area contributed by atoms with Crippen LogP contribution in [0, 0.1) is 23.2 Å². The van der Waals surface area contributed by atoms with Gasteiger partial charge in [0.05, 0.1) is 49.6 Å². The van der Waals surface area contributed by atoms with E-state index < -0.39 is 6.04 Å². The Balaban J connectivity index is 1.28. The van der Waals surface area contributed by atoms with E-state index in [1.54, 1.807) is 29.6 Å². The number of likely N-dealkylation sites (tertiary alicyclic amines) is 1. The molecule has 5 heterocycles. The van der Waals surface area contributed by atoms with Crippen LogP contribution < -0.4 is 5.32 Å². The summed E-state index contributed by atoms with van der Waals surface area (Å²) in [6.07, 6.45) is 6.66. The molecule has 4 aromatic rings. The molecular weight excluding hydrogens is 474 g/mol. The lowest BCUT2D eigenvalue weighted by Gasteiger charge is -2.37. The normalized spacial score (nSPS) is 16.9. The highest BCUT2D eigenvalue weighted by molar-refractivity contribution is 7.22. The van der Waals surface area contributed by atoms with Gasteiger partial charge in [-0.3, -0.25) is 14.6 Å². The lowest BCUT2D eigenvalue weighted by Crippen LogP contribution is -2.57. The van der Waals surface area contributed by atoms with E-state index in [0.717, 1.165) is 27.9 Å². The van der Waals surface area contributed by atoms with E-state index in [0.29, 0.717) is 40.5 Å².